The van der Waals surface area contributed by atoms with Crippen LogP contribution < -0.4 is 5.32 Å². The van der Waals surface area contributed by atoms with E-state index in [1.807, 2.05) is 30.5 Å². The first-order valence-electron chi connectivity index (χ1n) is 7.45. The van der Waals surface area contributed by atoms with E-state index in [0.717, 1.165) is 35.6 Å². The van der Waals surface area contributed by atoms with Gasteiger partial charge in [0.15, 0.2) is 0 Å². The molecule has 2 aliphatic heterocycles. The molecule has 0 unspecified atom stereocenters. The van der Waals surface area contributed by atoms with Crippen LogP contribution in [0, 0.1) is 5.82 Å². The standard InChI is InChI=1S/C18H17FN2O/c19-16-7-3-14(4-8-16)13-1-5-15(6-2-13)18(22)9-10-21-12-20-11-17(18)21/h1-8,11,20,22H,9-10,12H2/t18-/m0/s1. The molecule has 0 radical (unpaired) electrons. The number of aliphatic hydroxyl groups is 1. The van der Waals surface area contributed by atoms with E-state index < -0.39 is 5.60 Å². The number of rotatable bonds is 2. The highest BCUT2D eigenvalue weighted by Gasteiger charge is 2.44. The molecule has 112 valence electrons. The van der Waals surface area contributed by atoms with Crippen LogP contribution in [0.15, 0.2) is 60.4 Å². The van der Waals surface area contributed by atoms with E-state index >= 15 is 0 Å². The van der Waals surface area contributed by atoms with Gasteiger partial charge in [-0.05, 0) is 28.8 Å². The lowest BCUT2D eigenvalue weighted by atomic mass is 9.89. The average molecular weight is 296 g/mol. The van der Waals surface area contributed by atoms with Crippen molar-refractivity contribution in [2.24, 2.45) is 0 Å². The molecular formula is C18H17FN2O. The Labute approximate surface area is 128 Å². The van der Waals surface area contributed by atoms with Gasteiger partial charge in [0, 0.05) is 19.2 Å². The minimum absolute atomic E-state index is 0.235. The van der Waals surface area contributed by atoms with Crippen LogP contribution in [-0.2, 0) is 5.60 Å². The van der Waals surface area contributed by atoms with Gasteiger partial charge < -0.3 is 15.3 Å². The predicted molar refractivity (Wildman–Crippen MR) is 83.1 cm³/mol. The van der Waals surface area contributed by atoms with Crippen molar-refractivity contribution in [2.45, 2.75) is 12.0 Å². The molecule has 1 saturated heterocycles. The summed E-state index contributed by atoms with van der Waals surface area (Å²) < 4.78 is 13.0. The summed E-state index contributed by atoms with van der Waals surface area (Å²) in [6, 6.07) is 14.3. The first-order chi connectivity index (χ1) is 10.7. The molecule has 2 aromatic rings. The number of hydrogen-bond donors (Lipinski definition) is 2. The van der Waals surface area contributed by atoms with Crippen LogP contribution in [0.5, 0.6) is 0 Å². The van der Waals surface area contributed by atoms with E-state index in [4.69, 9.17) is 0 Å². The topological polar surface area (TPSA) is 35.5 Å². The van der Waals surface area contributed by atoms with Crippen molar-refractivity contribution in [3.63, 3.8) is 0 Å². The lowest BCUT2D eigenvalue weighted by Crippen LogP contribution is -2.26. The smallest absolute Gasteiger partial charge is 0.132 e. The van der Waals surface area contributed by atoms with E-state index in [1.54, 1.807) is 12.1 Å². The summed E-state index contributed by atoms with van der Waals surface area (Å²) in [6.45, 7) is 1.63. The van der Waals surface area contributed by atoms with E-state index in [0.29, 0.717) is 6.42 Å². The molecular weight excluding hydrogens is 279 g/mol. The number of halogens is 1. The zero-order valence-electron chi connectivity index (χ0n) is 12.1. The summed E-state index contributed by atoms with van der Waals surface area (Å²) in [5.41, 5.74) is 2.92. The third kappa shape index (κ3) is 1.99. The van der Waals surface area contributed by atoms with Crippen LogP contribution in [0.1, 0.15) is 12.0 Å². The molecule has 2 heterocycles. The van der Waals surface area contributed by atoms with Gasteiger partial charge in [-0.2, -0.15) is 0 Å². The fraction of sp³-hybridized carbons (Fsp3) is 0.222. The fourth-order valence-corrected chi connectivity index (χ4v) is 3.31. The maximum Gasteiger partial charge on any atom is 0.132 e. The number of hydrogen-bond acceptors (Lipinski definition) is 3. The molecule has 1 atom stereocenters. The average Bonchev–Trinajstić information content (AvgIpc) is 3.13. The largest absolute Gasteiger partial charge is 0.379 e. The van der Waals surface area contributed by atoms with Crippen LogP contribution >= 0.6 is 0 Å². The zero-order valence-corrected chi connectivity index (χ0v) is 12.1. The molecule has 4 heteroatoms. The van der Waals surface area contributed by atoms with Crippen LogP contribution in [0.4, 0.5) is 4.39 Å². The normalized spacial score (nSPS) is 23.2. The third-order valence-corrected chi connectivity index (χ3v) is 4.57. The van der Waals surface area contributed by atoms with Gasteiger partial charge in [0.25, 0.3) is 0 Å². The SMILES string of the molecule is O[C@]1(c2ccc(-c3ccc(F)cc3)cc2)CCN2CNC=C21. The fourth-order valence-electron chi connectivity index (χ4n) is 3.31. The second-order valence-electron chi connectivity index (χ2n) is 5.85. The Morgan fingerprint density at radius 1 is 1.00 bits per heavy atom. The Bertz CT molecular complexity index is 724. The van der Waals surface area contributed by atoms with Gasteiger partial charge in [-0.3, -0.25) is 0 Å². The maximum atomic E-state index is 13.0. The van der Waals surface area contributed by atoms with Gasteiger partial charge in [0.2, 0.25) is 0 Å². The van der Waals surface area contributed by atoms with Gasteiger partial charge in [-0.25, -0.2) is 4.39 Å². The molecule has 0 spiro atoms. The summed E-state index contributed by atoms with van der Waals surface area (Å²) >= 11 is 0. The quantitative estimate of drug-likeness (QED) is 0.894. The molecule has 0 aliphatic carbocycles. The highest BCUT2D eigenvalue weighted by Crippen LogP contribution is 2.42. The van der Waals surface area contributed by atoms with Gasteiger partial charge in [-0.1, -0.05) is 36.4 Å². The Balaban J connectivity index is 1.66. The van der Waals surface area contributed by atoms with Crippen molar-refractivity contribution < 1.29 is 9.50 Å². The molecule has 4 rings (SSSR count). The molecule has 2 aliphatic rings. The van der Waals surface area contributed by atoms with E-state index in [9.17, 15) is 9.50 Å². The summed E-state index contributed by atoms with van der Waals surface area (Å²) in [7, 11) is 0. The Morgan fingerprint density at radius 2 is 1.64 bits per heavy atom. The minimum atomic E-state index is -0.912. The molecule has 0 bridgehead atoms. The van der Waals surface area contributed by atoms with Gasteiger partial charge in [0.1, 0.15) is 11.4 Å². The van der Waals surface area contributed by atoms with Crippen LogP contribution in [0.25, 0.3) is 11.1 Å². The first-order valence-corrected chi connectivity index (χ1v) is 7.45. The molecule has 1 fully saturated rings. The maximum absolute atomic E-state index is 13.0. The van der Waals surface area contributed by atoms with Crippen LogP contribution in [0.2, 0.25) is 0 Å². The van der Waals surface area contributed by atoms with Crippen molar-refractivity contribution in [3.8, 4) is 11.1 Å². The summed E-state index contributed by atoms with van der Waals surface area (Å²) in [4.78, 5) is 2.16. The van der Waals surface area contributed by atoms with Crippen molar-refractivity contribution in [2.75, 3.05) is 13.2 Å². The lowest BCUT2D eigenvalue weighted by Gasteiger charge is -2.25. The molecule has 3 nitrogen and oxygen atoms in total. The zero-order chi connectivity index (χ0) is 15.2. The van der Waals surface area contributed by atoms with E-state index in [1.165, 1.54) is 12.1 Å². The number of fused-ring (bicyclic) bond motifs is 1. The molecule has 0 amide bonds. The summed E-state index contributed by atoms with van der Waals surface area (Å²) in [6.07, 6.45) is 2.61. The van der Waals surface area contributed by atoms with Crippen LogP contribution in [0.3, 0.4) is 0 Å². The van der Waals surface area contributed by atoms with Gasteiger partial charge in [0.05, 0.1) is 12.4 Å². The Hall–Kier alpha value is -2.33. The van der Waals surface area contributed by atoms with Gasteiger partial charge in [-0.15, -0.1) is 0 Å². The Kier molecular flexibility index (Phi) is 2.94. The molecule has 0 saturated carbocycles. The predicted octanol–water partition coefficient (Wildman–Crippen LogP) is 2.79. The lowest BCUT2D eigenvalue weighted by molar-refractivity contribution is 0.0815. The Morgan fingerprint density at radius 3 is 2.32 bits per heavy atom. The van der Waals surface area contributed by atoms with E-state index in [-0.39, 0.29) is 5.82 Å². The van der Waals surface area contributed by atoms with Crippen LogP contribution in [-0.4, -0.2) is 23.2 Å². The first kappa shape index (κ1) is 13.3. The molecule has 2 N–H and O–H groups in total. The number of nitrogens with zero attached hydrogens (tertiary/aromatic N) is 1. The summed E-state index contributed by atoms with van der Waals surface area (Å²) in [5.74, 6) is -0.235. The molecule has 2 aromatic carbocycles. The van der Waals surface area contributed by atoms with Crippen molar-refractivity contribution in [1.29, 1.82) is 0 Å². The van der Waals surface area contributed by atoms with Gasteiger partial charge >= 0.3 is 0 Å². The molecule has 0 aromatic heterocycles. The number of nitrogens with one attached hydrogen (secondary N) is 1. The highest BCUT2D eigenvalue weighted by molar-refractivity contribution is 5.64. The van der Waals surface area contributed by atoms with Crippen molar-refractivity contribution >= 4 is 0 Å². The second kappa shape index (κ2) is 4.85. The summed E-state index contributed by atoms with van der Waals surface area (Å²) in [5, 5.41) is 14.2. The van der Waals surface area contributed by atoms with E-state index in [2.05, 4.69) is 10.2 Å². The number of benzene rings is 2. The monoisotopic (exact) mass is 296 g/mol. The highest BCUT2D eigenvalue weighted by atomic mass is 19.1. The van der Waals surface area contributed by atoms with Crippen molar-refractivity contribution in [1.82, 2.24) is 10.2 Å². The minimum Gasteiger partial charge on any atom is -0.379 e. The molecule has 22 heavy (non-hydrogen) atoms. The third-order valence-electron chi connectivity index (χ3n) is 4.57. The second-order valence-corrected chi connectivity index (χ2v) is 5.85. The van der Waals surface area contributed by atoms with Crippen molar-refractivity contribution in [3.05, 3.63) is 71.8 Å².